The maximum Gasteiger partial charge on any atom is 0.319 e. The zero-order valence-electron chi connectivity index (χ0n) is 20.1. The van der Waals surface area contributed by atoms with Crippen molar-refractivity contribution in [3.8, 4) is 11.5 Å². The quantitative estimate of drug-likeness (QED) is 0.562. The SMILES string of the molecule is O=C(Nc1ccc2c(c1)OCO2)N[C@@H]1CC[C@@H](CC(=O)N2CCN(c3ccccc3)CC2)O[C@@H]1CO. The lowest BCUT2D eigenvalue weighted by atomic mass is 9.97. The molecule has 192 valence electrons. The molecule has 3 aliphatic heterocycles. The lowest BCUT2D eigenvalue weighted by Gasteiger charge is -2.38. The summed E-state index contributed by atoms with van der Waals surface area (Å²) in [6.07, 6.45) is 0.657. The highest BCUT2D eigenvalue weighted by atomic mass is 16.7. The Morgan fingerprint density at radius 3 is 2.53 bits per heavy atom. The highest BCUT2D eigenvalue weighted by Crippen LogP contribution is 2.34. The number of carbonyl (C=O) groups excluding carboxylic acids is 2. The van der Waals surface area contributed by atoms with Gasteiger partial charge >= 0.3 is 6.03 Å². The molecule has 0 spiro atoms. The maximum absolute atomic E-state index is 12.9. The van der Waals surface area contributed by atoms with Crippen LogP contribution in [0.1, 0.15) is 19.3 Å². The standard InChI is InChI=1S/C26H32N4O6/c31-16-24-21(28-26(33)27-18-6-9-22-23(14-18)35-17-34-22)8-7-20(36-24)15-25(32)30-12-10-29(11-13-30)19-4-2-1-3-5-19/h1-6,9,14,20-21,24,31H,7-8,10-13,15-17H2,(H2,27,28,33)/t20-,21+,24+/m0/s1. The Bertz CT molecular complexity index is 1060. The third-order valence-corrected chi connectivity index (χ3v) is 6.90. The number of urea groups is 1. The minimum Gasteiger partial charge on any atom is -0.454 e. The van der Waals surface area contributed by atoms with Crippen LogP contribution in [0.4, 0.5) is 16.2 Å². The molecule has 3 atom stereocenters. The first-order chi connectivity index (χ1) is 17.6. The van der Waals surface area contributed by atoms with Crippen molar-refractivity contribution < 1.29 is 28.9 Å². The molecule has 2 fully saturated rings. The lowest BCUT2D eigenvalue weighted by molar-refractivity contribution is -0.140. The molecule has 10 heteroatoms. The van der Waals surface area contributed by atoms with Gasteiger partial charge in [0.25, 0.3) is 0 Å². The second kappa shape index (κ2) is 11.0. The number of nitrogens with one attached hydrogen (secondary N) is 2. The summed E-state index contributed by atoms with van der Waals surface area (Å²) in [6.45, 7) is 2.86. The average Bonchev–Trinajstić information content (AvgIpc) is 3.38. The molecular formula is C26H32N4O6. The van der Waals surface area contributed by atoms with Crippen LogP contribution in [0, 0.1) is 0 Å². The van der Waals surface area contributed by atoms with E-state index in [1.165, 1.54) is 5.69 Å². The van der Waals surface area contributed by atoms with Crippen LogP contribution in [0.2, 0.25) is 0 Å². The van der Waals surface area contributed by atoms with Crippen molar-refractivity contribution in [3.05, 3.63) is 48.5 Å². The third kappa shape index (κ3) is 5.66. The predicted octanol–water partition coefficient (Wildman–Crippen LogP) is 2.18. The summed E-state index contributed by atoms with van der Waals surface area (Å²) in [5, 5.41) is 15.5. The number of rotatable bonds is 6. The van der Waals surface area contributed by atoms with Crippen LogP contribution in [0.3, 0.4) is 0 Å². The summed E-state index contributed by atoms with van der Waals surface area (Å²) in [5.74, 6) is 1.29. The first-order valence-electron chi connectivity index (χ1n) is 12.4. The van der Waals surface area contributed by atoms with E-state index >= 15 is 0 Å². The molecule has 0 bridgehead atoms. The van der Waals surface area contributed by atoms with Gasteiger partial charge in [0.05, 0.1) is 25.2 Å². The molecule has 3 aliphatic rings. The molecule has 0 radical (unpaired) electrons. The van der Waals surface area contributed by atoms with Crippen molar-refractivity contribution in [1.82, 2.24) is 10.2 Å². The molecule has 3 heterocycles. The zero-order valence-corrected chi connectivity index (χ0v) is 20.1. The van der Waals surface area contributed by atoms with E-state index in [4.69, 9.17) is 14.2 Å². The maximum atomic E-state index is 12.9. The number of piperazine rings is 1. The van der Waals surface area contributed by atoms with Crippen molar-refractivity contribution in [1.29, 1.82) is 0 Å². The molecule has 3 amide bonds. The number of aliphatic hydroxyl groups excluding tert-OH is 1. The van der Waals surface area contributed by atoms with E-state index in [1.807, 2.05) is 23.1 Å². The molecule has 36 heavy (non-hydrogen) atoms. The number of hydrogen-bond donors (Lipinski definition) is 3. The van der Waals surface area contributed by atoms with E-state index in [0.717, 1.165) is 13.1 Å². The van der Waals surface area contributed by atoms with Crippen molar-refractivity contribution in [3.63, 3.8) is 0 Å². The summed E-state index contributed by atoms with van der Waals surface area (Å²) < 4.78 is 16.6. The highest BCUT2D eigenvalue weighted by Gasteiger charge is 2.34. The summed E-state index contributed by atoms with van der Waals surface area (Å²) >= 11 is 0. The third-order valence-electron chi connectivity index (χ3n) is 6.90. The molecule has 0 aromatic heterocycles. The normalized spacial score (nSPS) is 23.3. The fourth-order valence-corrected chi connectivity index (χ4v) is 4.93. The number of benzene rings is 2. The fraction of sp³-hybridized carbons (Fsp3) is 0.462. The molecule has 2 saturated heterocycles. The van der Waals surface area contributed by atoms with Crippen LogP contribution in [0.25, 0.3) is 0 Å². The van der Waals surface area contributed by atoms with Crippen LogP contribution in [0.15, 0.2) is 48.5 Å². The molecule has 5 rings (SSSR count). The second-order valence-corrected chi connectivity index (χ2v) is 9.24. The van der Waals surface area contributed by atoms with Gasteiger partial charge in [0, 0.05) is 43.6 Å². The fourth-order valence-electron chi connectivity index (χ4n) is 4.93. The number of nitrogens with zero attached hydrogens (tertiary/aromatic N) is 2. The van der Waals surface area contributed by atoms with Gasteiger partial charge in [-0.05, 0) is 37.1 Å². The van der Waals surface area contributed by atoms with Gasteiger partial charge in [-0.1, -0.05) is 18.2 Å². The number of fused-ring (bicyclic) bond motifs is 1. The summed E-state index contributed by atoms with van der Waals surface area (Å²) in [7, 11) is 0. The van der Waals surface area contributed by atoms with E-state index in [0.29, 0.717) is 43.1 Å². The van der Waals surface area contributed by atoms with Gasteiger partial charge in [-0.3, -0.25) is 4.79 Å². The van der Waals surface area contributed by atoms with E-state index in [9.17, 15) is 14.7 Å². The minimum absolute atomic E-state index is 0.0661. The zero-order chi connectivity index (χ0) is 24.9. The first kappa shape index (κ1) is 24.2. The number of hydrogen-bond acceptors (Lipinski definition) is 7. The Morgan fingerprint density at radius 2 is 1.75 bits per heavy atom. The first-order valence-corrected chi connectivity index (χ1v) is 12.4. The molecule has 0 saturated carbocycles. The number of aliphatic hydroxyl groups is 1. The van der Waals surface area contributed by atoms with Gasteiger partial charge in [0.15, 0.2) is 11.5 Å². The molecule has 10 nitrogen and oxygen atoms in total. The number of ether oxygens (including phenoxy) is 3. The number of amides is 3. The molecule has 0 aliphatic carbocycles. The number of carbonyl (C=O) groups is 2. The average molecular weight is 497 g/mol. The second-order valence-electron chi connectivity index (χ2n) is 9.24. The van der Waals surface area contributed by atoms with Crippen molar-refractivity contribution in [2.45, 2.75) is 37.5 Å². The Labute approximate surface area is 210 Å². The van der Waals surface area contributed by atoms with Crippen LogP contribution in [-0.4, -0.2) is 79.8 Å². The largest absolute Gasteiger partial charge is 0.454 e. The Morgan fingerprint density at radius 1 is 0.972 bits per heavy atom. The van der Waals surface area contributed by atoms with Gasteiger partial charge in [0.2, 0.25) is 12.7 Å². The van der Waals surface area contributed by atoms with E-state index in [2.05, 4.69) is 27.7 Å². The molecule has 3 N–H and O–H groups in total. The van der Waals surface area contributed by atoms with Gasteiger partial charge in [0.1, 0.15) is 6.10 Å². The summed E-state index contributed by atoms with van der Waals surface area (Å²) in [4.78, 5) is 29.6. The predicted molar refractivity (Wildman–Crippen MR) is 133 cm³/mol. The Hall–Kier alpha value is -3.50. The van der Waals surface area contributed by atoms with E-state index in [-0.39, 0.29) is 37.9 Å². The topological polar surface area (TPSA) is 113 Å². The van der Waals surface area contributed by atoms with Crippen molar-refractivity contribution in [2.75, 3.05) is 49.8 Å². The smallest absolute Gasteiger partial charge is 0.319 e. The van der Waals surface area contributed by atoms with Crippen molar-refractivity contribution in [2.24, 2.45) is 0 Å². The van der Waals surface area contributed by atoms with Crippen LogP contribution < -0.4 is 25.0 Å². The lowest BCUT2D eigenvalue weighted by Crippen LogP contribution is -2.53. The number of para-hydroxylation sites is 1. The number of anilines is 2. The monoisotopic (exact) mass is 496 g/mol. The van der Waals surface area contributed by atoms with Crippen molar-refractivity contribution >= 4 is 23.3 Å². The van der Waals surface area contributed by atoms with Crippen LogP contribution >= 0.6 is 0 Å². The van der Waals surface area contributed by atoms with E-state index < -0.39 is 12.1 Å². The van der Waals surface area contributed by atoms with Crippen LogP contribution in [-0.2, 0) is 9.53 Å². The van der Waals surface area contributed by atoms with E-state index in [1.54, 1.807) is 18.2 Å². The Balaban J connectivity index is 1.07. The van der Waals surface area contributed by atoms with Gasteiger partial charge in [-0.25, -0.2) is 4.79 Å². The minimum atomic E-state index is -0.575. The van der Waals surface area contributed by atoms with Crippen LogP contribution in [0.5, 0.6) is 11.5 Å². The van der Waals surface area contributed by atoms with Gasteiger partial charge in [-0.2, -0.15) is 0 Å². The Kier molecular flexibility index (Phi) is 7.43. The highest BCUT2D eigenvalue weighted by molar-refractivity contribution is 5.90. The summed E-state index contributed by atoms with van der Waals surface area (Å²) in [5.41, 5.74) is 1.75. The summed E-state index contributed by atoms with van der Waals surface area (Å²) in [6, 6.07) is 14.6. The molecule has 0 unspecified atom stereocenters. The van der Waals surface area contributed by atoms with Gasteiger partial charge < -0.3 is 39.8 Å². The molecular weight excluding hydrogens is 464 g/mol. The molecule has 2 aromatic carbocycles. The molecule has 2 aromatic rings. The van der Waals surface area contributed by atoms with Gasteiger partial charge in [-0.15, -0.1) is 0 Å².